The molecule has 0 radical (unpaired) electrons. The maximum atomic E-state index is 5.54. The van der Waals surface area contributed by atoms with Gasteiger partial charge < -0.3 is 4.98 Å². The van der Waals surface area contributed by atoms with Crippen LogP contribution in [0.2, 0.25) is 0 Å². The lowest BCUT2D eigenvalue weighted by Crippen LogP contribution is -1.97. The van der Waals surface area contributed by atoms with Crippen molar-refractivity contribution in [3.63, 3.8) is 0 Å². The van der Waals surface area contributed by atoms with Gasteiger partial charge in [-0.2, -0.15) is 0 Å². The Morgan fingerprint density at radius 2 is 1.24 bits per heavy atom. The Kier molecular flexibility index (Phi) is 6.92. The third kappa shape index (κ3) is 4.80. The third-order valence-corrected chi connectivity index (χ3v) is 11.2. The van der Waals surface area contributed by atoms with Gasteiger partial charge in [0.1, 0.15) is 11.6 Å². The molecule has 0 saturated carbocycles. The van der Waals surface area contributed by atoms with Crippen molar-refractivity contribution in [2.45, 2.75) is 13.8 Å². The number of aromatic amines is 1. The zero-order valence-electron chi connectivity index (χ0n) is 30.5. The molecule has 0 amide bonds. The highest BCUT2D eigenvalue weighted by molar-refractivity contribution is 6.13. The van der Waals surface area contributed by atoms with E-state index in [2.05, 4.69) is 186 Å². The minimum absolute atomic E-state index is 0.889. The van der Waals surface area contributed by atoms with Crippen molar-refractivity contribution in [3.8, 4) is 45.1 Å². The molecule has 0 fully saturated rings. The minimum Gasteiger partial charge on any atom is -0.354 e. The Hall–Kier alpha value is -7.24. The fourth-order valence-electron chi connectivity index (χ4n) is 8.76. The molecule has 0 bridgehead atoms. The number of H-pyrrole nitrogens is 1. The van der Waals surface area contributed by atoms with Gasteiger partial charge >= 0.3 is 0 Å². The lowest BCUT2D eigenvalue weighted by atomic mass is 9.94. The second-order valence-corrected chi connectivity index (χ2v) is 14.4. The summed E-state index contributed by atoms with van der Waals surface area (Å²) in [5.41, 5.74) is 15.8. The first-order valence-electron chi connectivity index (χ1n) is 18.8. The molecule has 55 heavy (non-hydrogen) atoms. The second kappa shape index (κ2) is 12.2. The van der Waals surface area contributed by atoms with Gasteiger partial charge in [0.2, 0.25) is 0 Å². The molecule has 0 atom stereocenters. The van der Waals surface area contributed by atoms with E-state index in [-0.39, 0.29) is 0 Å². The zero-order valence-corrected chi connectivity index (χ0v) is 30.5. The van der Waals surface area contributed by atoms with Crippen molar-refractivity contribution < 1.29 is 0 Å². The number of fused-ring (bicyclic) bond motifs is 7. The first kappa shape index (κ1) is 31.3. The average molecular weight is 706 g/mol. The van der Waals surface area contributed by atoms with Crippen LogP contribution in [0, 0.1) is 13.8 Å². The van der Waals surface area contributed by atoms with Crippen LogP contribution in [0.25, 0.3) is 99.8 Å². The van der Waals surface area contributed by atoms with Gasteiger partial charge in [-0.1, -0.05) is 103 Å². The maximum Gasteiger partial charge on any atom is 0.147 e. The number of nitrogens with one attached hydrogen (secondary N) is 1. The van der Waals surface area contributed by atoms with Crippen molar-refractivity contribution in [1.82, 2.24) is 24.1 Å². The Balaban J connectivity index is 1.17. The quantitative estimate of drug-likeness (QED) is 0.194. The van der Waals surface area contributed by atoms with Crippen molar-refractivity contribution in [3.05, 3.63) is 181 Å². The lowest BCUT2D eigenvalue weighted by Gasteiger charge is -2.11. The summed E-state index contributed by atoms with van der Waals surface area (Å²) in [6.45, 7) is 4.39. The molecule has 5 heteroatoms. The van der Waals surface area contributed by atoms with Crippen LogP contribution in [0.5, 0.6) is 0 Å². The summed E-state index contributed by atoms with van der Waals surface area (Å²) in [6.07, 6.45) is 1.87. The van der Waals surface area contributed by atoms with Gasteiger partial charge in [0.15, 0.2) is 0 Å². The van der Waals surface area contributed by atoms with E-state index in [0.717, 1.165) is 67.1 Å². The van der Waals surface area contributed by atoms with Gasteiger partial charge in [-0.3, -0.25) is 9.13 Å². The first-order valence-corrected chi connectivity index (χ1v) is 18.8. The van der Waals surface area contributed by atoms with E-state index in [1.54, 1.807) is 0 Å². The highest BCUT2D eigenvalue weighted by Crippen LogP contribution is 2.41. The molecule has 4 aromatic heterocycles. The Bertz CT molecular complexity index is 3250. The summed E-state index contributed by atoms with van der Waals surface area (Å²) in [7, 11) is 0. The summed E-state index contributed by atoms with van der Waals surface area (Å²) in [5, 5.41) is 4.78. The largest absolute Gasteiger partial charge is 0.354 e. The Morgan fingerprint density at radius 1 is 0.491 bits per heavy atom. The minimum atomic E-state index is 0.889. The molecular weight excluding hydrogens is 671 g/mol. The van der Waals surface area contributed by atoms with Crippen molar-refractivity contribution in [2.75, 3.05) is 0 Å². The summed E-state index contributed by atoms with van der Waals surface area (Å²) < 4.78 is 4.60. The van der Waals surface area contributed by atoms with Gasteiger partial charge in [-0.15, -0.1) is 0 Å². The topological polar surface area (TPSA) is 51.4 Å². The number of hydrogen-bond acceptors (Lipinski definition) is 2. The summed E-state index contributed by atoms with van der Waals surface area (Å²) >= 11 is 0. The monoisotopic (exact) mass is 705 g/mol. The Labute approximate surface area is 317 Å². The SMILES string of the molecule is Cc1cccc(C)c1-c1ccc2c(c1)c1ccc(-c3cccc4c3nc(-c3cccc5c3[nH]c3ccccc35)n4-c3ccccc3)cc1n2-c1ccccn1. The van der Waals surface area contributed by atoms with Gasteiger partial charge in [-0.05, 0) is 102 Å². The predicted molar refractivity (Wildman–Crippen MR) is 228 cm³/mol. The molecule has 0 saturated heterocycles. The van der Waals surface area contributed by atoms with Gasteiger partial charge in [0.25, 0.3) is 0 Å². The molecule has 0 spiro atoms. The van der Waals surface area contributed by atoms with E-state index in [0.29, 0.717) is 0 Å². The van der Waals surface area contributed by atoms with E-state index < -0.39 is 0 Å². The van der Waals surface area contributed by atoms with E-state index in [4.69, 9.17) is 9.97 Å². The fourth-order valence-corrected chi connectivity index (χ4v) is 8.76. The van der Waals surface area contributed by atoms with E-state index in [9.17, 15) is 0 Å². The zero-order chi connectivity index (χ0) is 36.6. The number of aryl methyl sites for hydroxylation is 2. The van der Waals surface area contributed by atoms with E-state index >= 15 is 0 Å². The lowest BCUT2D eigenvalue weighted by molar-refractivity contribution is 1.08. The van der Waals surface area contributed by atoms with Crippen molar-refractivity contribution in [2.24, 2.45) is 0 Å². The molecule has 0 aliphatic carbocycles. The number of para-hydroxylation sites is 4. The second-order valence-electron chi connectivity index (χ2n) is 14.4. The molecule has 4 heterocycles. The van der Waals surface area contributed by atoms with Gasteiger partial charge in [-0.25, -0.2) is 9.97 Å². The molecule has 11 aromatic rings. The molecule has 11 rings (SSSR count). The number of benzene rings is 7. The predicted octanol–water partition coefficient (Wildman–Crippen LogP) is 12.8. The first-order chi connectivity index (χ1) is 27.1. The summed E-state index contributed by atoms with van der Waals surface area (Å²) in [6, 6.07) is 58.5. The van der Waals surface area contributed by atoms with Crippen LogP contribution in [0.4, 0.5) is 0 Å². The van der Waals surface area contributed by atoms with Crippen molar-refractivity contribution in [1.29, 1.82) is 0 Å². The van der Waals surface area contributed by atoms with Gasteiger partial charge in [0.05, 0.1) is 27.6 Å². The van der Waals surface area contributed by atoms with Crippen LogP contribution in [0.15, 0.2) is 170 Å². The van der Waals surface area contributed by atoms with Crippen molar-refractivity contribution >= 4 is 54.6 Å². The van der Waals surface area contributed by atoms with Crippen LogP contribution in [0.3, 0.4) is 0 Å². The molecule has 1 N–H and O–H groups in total. The molecule has 0 aliphatic rings. The van der Waals surface area contributed by atoms with Crippen LogP contribution in [0.1, 0.15) is 11.1 Å². The Morgan fingerprint density at radius 3 is 2.09 bits per heavy atom. The highest BCUT2D eigenvalue weighted by Gasteiger charge is 2.22. The summed E-state index contributed by atoms with van der Waals surface area (Å²) in [4.78, 5) is 14.1. The standard InChI is InChI=1S/C50H35N5/c1-31-13-10-14-32(2)47(31)34-25-27-43-41(29-34)38-26-24-33(30-45(38)55(43)46-23-8-9-28-51-46)36-18-12-22-44-49(36)53-50(54(44)35-15-4-3-5-16-35)40-20-11-19-39-37-17-6-7-21-42(37)52-48(39)40/h3-30,52H,1-2H3. The number of aromatic nitrogens is 5. The number of pyridine rings is 1. The molecular formula is C50H35N5. The molecule has 260 valence electrons. The average Bonchev–Trinajstić information content (AvgIpc) is 3.91. The normalized spacial score (nSPS) is 11.8. The van der Waals surface area contributed by atoms with E-state index in [1.165, 1.54) is 43.8 Å². The molecule has 5 nitrogen and oxygen atoms in total. The number of nitrogens with zero attached hydrogens (tertiary/aromatic N) is 4. The summed E-state index contributed by atoms with van der Waals surface area (Å²) in [5.74, 6) is 1.79. The third-order valence-electron chi connectivity index (χ3n) is 11.2. The highest BCUT2D eigenvalue weighted by atomic mass is 15.1. The number of rotatable bonds is 5. The van der Waals surface area contributed by atoms with Crippen LogP contribution < -0.4 is 0 Å². The number of hydrogen-bond donors (Lipinski definition) is 1. The molecule has 7 aromatic carbocycles. The smallest absolute Gasteiger partial charge is 0.147 e. The maximum absolute atomic E-state index is 5.54. The molecule has 0 unspecified atom stereocenters. The van der Waals surface area contributed by atoms with Crippen LogP contribution in [-0.4, -0.2) is 24.1 Å². The van der Waals surface area contributed by atoms with Crippen LogP contribution >= 0.6 is 0 Å². The van der Waals surface area contributed by atoms with Gasteiger partial charge in [0, 0.05) is 50.1 Å². The van der Waals surface area contributed by atoms with E-state index in [1.807, 2.05) is 12.3 Å². The fraction of sp³-hybridized carbons (Fsp3) is 0.0400. The number of imidazole rings is 1. The van der Waals surface area contributed by atoms with Crippen LogP contribution in [-0.2, 0) is 0 Å². The molecule has 0 aliphatic heterocycles.